The predicted molar refractivity (Wildman–Crippen MR) is 83.4 cm³/mol. The molecule has 112 valence electrons. The van der Waals surface area contributed by atoms with E-state index in [0.29, 0.717) is 11.6 Å². The van der Waals surface area contributed by atoms with E-state index in [-0.39, 0.29) is 11.2 Å². The highest BCUT2D eigenvalue weighted by Crippen LogP contribution is 2.43. The number of halogens is 2. The molecule has 2 N–H and O–H groups in total. The molecule has 0 amide bonds. The topological polar surface area (TPSA) is 26.0 Å². The first-order valence-corrected chi connectivity index (χ1v) is 7.97. The van der Waals surface area contributed by atoms with Gasteiger partial charge in [0.25, 0.3) is 0 Å². The van der Waals surface area contributed by atoms with Gasteiger partial charge in [-0.25, -0.2) is 4.39 Å². The summed E-state index contributed by atoms with van der Waals surface area (Å²) in [5.41, 5.74) is 7.06. The van der Waals surface area contributed by atoms with Crippen molar-refractivity contribution in [3.05, 3.63) is 34.6 Å². The maximum Gasteiger partial charge on any atom is 0.123 e. The van der Waals surface area contributed by atoms with Crippen molar-refractivity contribution in [2.75, 3.05) is 6.54 Å². The fraction of sp³-hybridized carbons (Fsp3) is 0.647. The van der Waals surface area contributed by atoms with Crippen molar-refractivity contribution in [2.24, 2.45) is 23.0 Å². The molecule has 0 atom stereocenters. The van der Waals surface area contributed by atoms with Gasteiger partial charge in [0.15, 0.2) is 0 Å². The average Bonchev–Trinajstić information content (AvgIpc) is 2.43. The molecule has 1 nitrogen and oxygen atoms in total. The van der Waals surface area contributed by atoms with Crippen molar-refractivity contribution in [3.63, 3.8) is 0 Å². The monoisotopic (exact) mass is 297 g/mol. The third kappa shape index (κ3) is 3.53. The van der Waals surface area contributed by atoms with Gasteiger partial charge in [-0.1, -0.05) is 25.4 Å². The minimum absolute atomic E-state index is 0.100. The Morgan fingerprint density at radius 1 is 1.35 bits per heavy atom. The van der Waals surface area contributed by atoms with Gasteiger partial charge in [0, 0.05) is 5.02 Å². The van der Waals surface area contributed by atoms with E-state index in [1.807, 2.05) is 0 Å². The van der Waals surface area contributed by atoms with Crippen molar-refractivity contribution in [1.29, 1.82) is 0 Å². The summed E-state index contributed by atoms with van der Waals surface area (Å²) >= 11 is 6.21. The van der Waals surface area contributed by atoms with Gasteiger partial charge in [0.2, 0.25) is 0 Å². The van der Waals surface area contributed by atoms with E-state index in [0.717, 1.165) is 36.7 Å². The molecule has 1 saturated carbocycles. The number of benzene rings is 1. The number of hydrogen-bond acceptors (Lipinski definition) is 1. The maximum atomic E-state index is 13.4. The molecule has 1 aliphatic carbocycles. The zero-order valence-electron chi connectivity index (χ0n) is 12.5. The fourth-order valence-electron chi connectivity index (χ4n) is 3.46. The zero-order chi connectivity index (χ0) is 14.8. The first kappa shape index (κ1) is 15.8. The van der Waals surface area contributed by atoms with Crippen LogP contribution in [-0.2, 0) is 6.42 Å². The highest BCUT2D eigenvalue weighted by atomic mass is 35.5. The third-order valence-corrected chi connectivity index (χ3v) is 5.41. The highest BCUT2D eigenvalue weighted by Gasteiger charge is 2.35. The molecule has 1 fully saturated rings. The van der Waals surface area contributed by atoms with Crippen LogP contribution < -0.4 is 5.73 Å². The van der Waals surface area contributed by atoms with E-state index in [9.17, 15) is 4.39 Å². The van der Waals surface area contributed by atoms with E-state index in [1.54, 1.807) is 12.1 Å². The Morgan fingerprint density at radius 2 is 2.00 bits per heavy atom. The maximum absolute atomic E-state index is 13.4. The Morgan fingerprint density at radius 3 is 2.55 bits per heavy atom. The Hall–Kier alpha value is -0.600. The molecule has 0 bridgehead atoms. The van der Waals surface area contributed by atoms with Crippen LogP contribution in [0.15, 0.2) is 18.2 Å². The second-order valence-electron chi connectivity index (χ2n) is 6.70. The molecule has 0 unspecified atom stereocenters. The number of nitrogens with two attached hydrogens (primary N) is 1. The molecule has 0 heterocycles. The summed E-state index contributed by atoms with van der Waals surface area (Å²) < 4.78 is 13.4. The van der Waals surface area contributed by atoms with Gasteiger partial charge in [-0.3, -0.25) is 0 Å². The Balaban J connectivity index is 2.11. The lowest BCUT2D eigenvalue weighted by Gasteiger charge is -2.41. The molecule has 0 aromatic heterocycles. The van der Waals surface area contributed by atoms with Crippen LogP contribution in [0.4, 0.5) is 4.39 Å². The molecule has 1 aromatic rings. The minimum atomic E-state index is -0.215. The number of rotatable bonds is 4. The summed E-state index contributed by atoms with van der Waals surface area (Å²) in [7, 11) is 0. The molecule has 0 radical (unpaired) electrons. The predicted octanol–water partition coefficient (Wildman–Crippen LogP) is 4.81. The molecule has 0 spiro atoms. The Kier molecular flexibility index (Phi) is 5.09. The van der Waals surface area contributed by atoms with Gasteiger partial charge in [0.1, 0.15) is 5.82 Å². The van der Waals surface area contributed by atoms with Gasteiger partial charge in [-0.05, 0) is 79.7 Å². The summed E-state index contributed by atoms with van der Waals surface area (Å²) in [4.78, 5) is 0. The van der Waals surface area contributed by atoms with Crippen LogP contribution in [0.3, 0.4) is 0 Å². The van der Waals surface area contributed by atoms with Gasteiger partial charge in [-0.15, -0.1) is 0 Å². The second-order valence-corrected chi connectivity index (χ2v) is 7.11. The van der Waals surface area contributed by atoms with Crippen LogP contribution in [0.1, 0.15) is 45.1 Å². The van der Waals surface area contributed by atoms with Crippen LogP contribution in [-0.4, -0.2) is 6.54 Å². The van der Waals surface area contributed by atoms with E-state index >= 15 is 0 Å². The summed E-state index contributed by atoms with van der Waals surface area (Å²) in [6.45, 7) is 5.25. The minimum Gasteiger partial charge on any atom is -0.330 e. The second kappa shape index (κ2) is 6.44. The van der Waals surface area contributed by atoms with Gasteiger partial charge in [0.05, 0.1) is 0 Å². The number of hydrogen-bond donors (Lipinski definition) is 1. The van der Waals surface area contributed by atoms with Crippen molar-refractivity contribution in [1.82, 2.24) is 0 Å². The fourth-order valence-corrected chi connectivity index (χ4v) is 3.64. The van der Waals surface area contributed by atoms with Crippen molar-refractivity contribution in [2.45, 2.75) is 46.0 Å². The standard InChI is InChI=1S/C17H25ClFN/c1-12(2)13-5-7-17(11-20,8-6-13)10-14-9-15(19)3-4-16(14)18/h3-4,9,12-13H,5-8,10-11,20H2,1-2H3. The van der Waals surface area contributed by atoms with Crippen LogP contribution in [0.5, 0.6) is 0 Å². The lowest BCUT2D eigenvalue weighted by atomic mass is 9.65. The summed E-state index contributed by atoms with van der Waals surface area (Å²) in [5, 5.41) is 0.658. The van der Waals surface area contributed by atoms with E-state index in [2.05, 4.69) is 13.8 Å². The first-order valence-electron chi connectivity index (χ1n) is 7.60. The third-order valence-electron chi connectivity index (χ3n) is 5.04. The van der Waals surface area contributed by atoms with Gasteiger partial charge >= 0.3 is 0 Å². The van der Waals surface area contributed by atoms with Gasteiger partial charge < -0.3 is 5.73 Å². The molecule has 20 heavy (non-hydrogen) atoms. The normalized spacial score (nSPS) is 27.0. The van der Waals surface area contributed by atoms with Gasteiger partial charge in [-0.2, -0.15) is 0 Å². The highest BCUT2D eigenvalue weighted by molar-refractivity contribution is 6.31. The summed E-state index contributed by atoms with van der Waals surface area (Å²) in [5.74, 6) is 1.33. The Bertz CT molecular complexity index is 450. The van der Waals surface area contributed by atoms with Crippen LogP contribution in [0.2, 0.25) is 5.02 Å². The SMILES string of the molecule is CC(C)C1CCC(CN)(Cc2cc(F)ccc2Cl)CC1. The van der Waals surface area contributed by atoms with E-state index in [1.165, 1.54) is 18.9 Å². The Labute approximate surface area is 126 Å². The van der Waals surface area contributed by atoms with Crippen LogP contribution in [0, 0.1) is 23.1 Å². The quantitative estimate of drug-likeness (QED) is 0.847. The van der Waals surface area contributed by atoms with Crippen molar-refractivity contribution < 1.29 is 4.39 Å². The van der Waals surface area contributed by atoms with Crippen LogP contribution >= 0.6 is 11.6 Å². The molecular weight excluding hydrogens is 273 g/mol. The van der Waals surface area contributed by atoms with Crippen molar-refractivity contribution in [3.8, 4) is 0 Å². The van der Waals surface area contributed by atoms with E-state index in [4.69, 9.17) is 17.3 Å². The average molecular weight is 298 g/mol. The molecule has 0 aliphatic heterocycles. The molecule has 1 aliphatic rings. The van der Waals surface area contributed by atoms with Crippen molar-refractivity contribution >= 4 is 11.6 Å². The zero-order valence-corrected chi connectivity index (χ0v) is 13.2. The lowest BCUT2D eigenvalue weighted by molar-refractivity contribution is 0.132. The largest absolute Gasteiger partial charge is 0.330 e. The summed E-state index contributed by atoms with van der Waals surface area (Å²) in [6, 6.07) is 4.63. The molecular formula is C17H25ClFN. The molecule has 3 heteroatoms. The summed E-state index contributed by atoms with van der Waals surface area (Å²) in [6.07, 6.45) is 5.49. The smallest absolute Gasteiger partial charge is 0.123 e. The lowest BCUT2D eigenvalue weighted by Crippen LogP contribution is -2.37. The van der Waals surface area contributed by atoms with E-state index < -0.39 is 0 Å². The molecule has 1 aromatic carbocycles. The first-order chi connectivity index (χ1) is 9.46. The van der Waals surface area contributed by atoms with Crippen LogP contribution in [0.25, 0.3) is 0 Å². The molecule has 0 saturated heterocycles. The molecule has 2 rings (SSSR count).